The van der Waals surface area contributed by atoms with Crippen LogP contribution in [0.5, 0.6) is 0 Å². The zero-order valence-electron chi connectivity index (χ0n) is 11.6. The van der Waals surface area contributed by atoms with Crippen LogP contribution in [0.3, 0.4) is 0 Å². The lowest BCUT2D eigenvalue weighted by Crippen LogP contribution is -2.47. The molecule has 0 amide bonds. The van der Waals surface area contributed by atoms with E-state index < -0.39 is 0 Å². The van der Waals surface area contributed by atoms with E-state index in [9.17, 15) is 0 Å². The highest BCUT2D eigenvalue weighted by Gasteiger charge is 2.32. The lowest BCUT2D eigenvalue weighted by atomic mass is 9.78. The summed E-state index contributed by atoms with van der Waals surface area (Å²) in [5, 5.41) is 0. The molecule has 3 nitrogen and oxygen atoms in total. The molecule has 3 heteroatoms. The number of nitrogens with zero attached hydrogens (tertiary/aromatic N) is 2. The van der Waals surface area contributed by atoms with Gasteiger partial charge in [-0.25, -0.2) is 0 Å². The highest BCUT2D eigenvalue weighted by molar-refractivity contribution is 4.87. The van der Waals surface area contributed by atoms with Gasteiger partial charge in [-0.3, -0.25) is 4.90 Å². The van der Waals surface area contributed by atoms with Crippen molar-refractivity contribution in [3.63, 3.8) is 0 Å². The van der Waals surface area contributed by atoms with E-state index in [1.54, 1.807) is 0 Å². The first-order valence-corrected chi connectivity index (χ1v) is 7.33. The van der Waals surface area contributed by atoms with E-state index in [2.05, 4.69) is 23.8 Å². The van der Waals surface area contributed by atoms with Crippen molar-refractivity contribution in [3.05, 3.63) is 0 Å². The summed E-state index contributed by atoms with van der Waals surface area (Å²) >= 11 is 0. The van der Waals surface area contributed by atoms with Crippen LogP contribution in [0.2, 0.25) is 0 Å². The SMILES string of the molecule is CC1CCC(CN)C(N2CCCN(C)CC2)C1. The van der Waals surface area contributed by atoms with Gasteiger partial charge in [0.2, 0.25) is 0 Å². The molecule has 0 aromatic heterocycles. The predicted molar refractivity (Wildman–Crippen MR) is 73.0 cm³/mol. The Balaban J connectivity index is 1.97. The van der Waals surface area contributed by atoms with E-state index in [1.165, 1.54) is 51.9 Å². The first kappa shape index (κ1) is 13.3. The Bertz CT molecular complexity index is 232. The molecule has 2 N–H and O–H groups in total. The van der Waals surface area contributed by atoms with Gasteiger partial charge in [0.15, 0.2) is 0 Å². The quantitative estimate of drug-likeness (QED) is 0.790. The highest BCUT2D eigenvalue weighted by atomic mass is 15.2. The fourth-order valence-corrected chi connectivity index (χ4v) is 3.53. The van der Waals surface area contributed by atoms with E-state index in [-0.39, 0.29) is 0 Å². The van der Waals surface area contributed by atoms with Gasteiger partial charge in [-0.1, -0.05) is 13.3 Å². The fraction of sp³-hybridized carbons (Fsp3) is 1.00. The molecule has 0 spiro atoms. The molecule has 100 valence electrons. The minimum absolute atomic E-state index is 0.745. The highest BCUT2D eigenvalue weighted by Crippen LogP contribution is 2.32. The number of rotatable bonds is 2. The van der Waals surface area contributed by atoms with Crippen molar-refractivity contribution in [3.8, 4) is 0 Å². The van der Waals surface area contributed by atoms with Crippen molar-refractivity contribution >= 4 is 0 Å². The third-order valence-corrected chi connectivity index (χ3v) is 4.74. The Hall–Kier alpha value is -0.120. The molecule has 1 saturated carbocycles. The van der Waals surface area contributed by atoms with Crippen molar-refractivity contribution in [2.45, 2.75) is 38.6 Å². The van der Waals surface area contributed by atoms with E-state index in [0.29, 0.717) is 0 Å². The van der Waals surface area contributed by atoms with Crippen molar-refractivity contribution in [1.82, 2.24) is 9.80 Å². The predicted octanol–water partition coefficient (Wildman–Crippen LogP) is 1.39. The zero-order valence-corrected chi connectivity index (χ0v) is 11.6. The second-order valence-corrected chi connectivity index (χ2v) is 6.17. The molecule has 2 aliphatic rings. The molecule has 0 aromatic carbocycles. The lowest BCUT2D eigenvalue weighted by Gasteiger charge is -2.41. The molecule has 17 heavy (non-hydrogen) atoms. The van der Waals surface area contributed by atoms with Crippen LogP contribution in [0.25, 0.3) is 0 Å². The second kappa shape index (κ2) is 6.17. The molecule has 0 radical (unpaired) electrons. The Morgan fingerprint density at radius 2 is 1.94 bits per heavy atom. The third-order valence-electron chi connectivity index (χ3n) is 4.74. The van der Waals surface area contributed by atoms with Gasteiger partial charge in [0.05, 0.1) is 0 Å². The molecule has 1 aliphatic carbocycles. The van der Waals surface area contributed by atoms with Gasteiger partial charge in [0.1, 0.15) is 0 Å². The maximum atomic E-state index is 5.98. The third kappa shape index (κ3) is 3.43. The molecule has 1 saturated heterocycles. The number of nitrogens with two attached hydrogens (primary N) is 1. The fourth-order valence-electron chi connectivity index (χ4n) is 3.53. The molecule has 0 bridgehead atoms. The van der Waals surface area contributed by atoms with Crippen LogP contribution in [0, 0.1) is 11.8 Å². The van der Waals surface area contributed by atoms with E-state index >= 15 is 0 Å². The summed E-state index contributed by atoms with van der Waals surface area (Å²) in [6, 6.07) is 0.759. The summed E-state index contributed by atoms with van der Waals surface area (Å²) in [7, 11) is 2.24. The van der Waals surface area contributed by atoms with Gasteiger partial charge in [-0.05, 0) is 57.8 Å². The maximum absolute atomic E-state index is 5.98. The van der Waals surface area contributed by atoms with Gasteiger partial charge in [0.25, 0.3) is 0 Å². The first-order chi connectivity index (χ1) is 8.20. The molecule has 1 heterocycles. The van der Waals surface area contributed by atoms with Crippen molar-refractivity contribution in [2.75, 3.05) is 39.8 Å². The van der Waals surface area contributed by atoms with E-state index in [4.69, 9.17) is 5.73 Å². The van der Waals surface area contributed by atoms with Crippen molar-refractivity contribution in [1.29, 1.82) is 0 Å². The summed E-state index contributed by atoms with van der Waals surface area (Å²) < 4.78 is 0. The van der Waals surface area contributed by atoms with Crippen LogP contribution in [0.1, 0.15) is 32.6 Å². The standard InChI is InChI=1S/C14H29N3/c1-12-4-5-13(11-15)14(10-12)17-7-3-6-16(2)8-9-17/h12-14H,3-11,15H2,1-2H3. The summed E-state index contributed by atoms with van der Waals surface area (Å²) in [4.78, 5) is 5.19. The summed E-state index contributed by atoms with van der Waals surface area (Å²) in [5.74, 6) is 1.64. The number of hydrogen-bond donors (Lipinski definition) is 1. The van der Waals surface area contributed by atoms with Gasteiger partial charge < -0.3 is 10.6 Å². The van der Waals surface area contributed by atoms with Gasteiger partial charge in [0, 0.05) is 19.1 Å². The van der Waals surface area contributed by atoms with Crippen LogP contribution in [-0.4, -0.2) is 55.6 Å². The Labute approximate surface area is 106 Å². The molecular weight excluding hydrogens is 210 g/mol. The smallest absolute Gasteiger partial charge is 0.0139 e. The van der Waals surface area contributed by atoms with Crippen molar-refractivity contribution < 1.29 is 0 Å². The molecule has 2 rings (SSSR count). The van der Waals surface area contributed by atoms with Crippen molar-refractivity contribution in [2.24, 2.45) is 17.6 Å². The molecule has 2 fully saturated rings. The largest absolute Gasteiger partial charge is 0.330 e. The topological polar surface area (TPSA) is 32.5 Å². The average molecular weight is 239 g/mol. The summed E-state index contributed by atoms with van der Waals surface area (Å²) in [6.07, 6.45) is 5.41. The number of hydrogen-bond acceptors (Lipinski definition) is 3. The van der Waals surface area contributed by atoms with Crippen LogP contribution < -0.4 is 5.73 Å². The molecule has 3 atom stereocenters. The average Bonchev–Trinajstić information content (AvgIpc) is 2.54. The Kier molecular flexibility index (Phi) is 4.83. The number of likely N-dealkylation sites (N-methyl/N-ethyl adjacent to an activating group) is 1. The Morgan fingerprint density at radius 1 is 1.12 bits per heavy atom. The van der Waals surface area contributed by atoms with Gasteiger partial charge in [-0.15, -0.1) is 0 Å². The first-order valence-electron chi connectivity index (χ1n) is 7.33. The van der Waals surface area contributed by atoms with Crippen LogP contribution in [0.4, 0.5) is 0 Å². The van der Waals surface area contributed by atoms with Crippen LogP contribution in [-0.2, 0) is 0 Å². The normalized spacial score (nSPS) is 37.9. The van der Waals surface area contributed by atoms with E-state index in [0.717, 1.165) is 24.4 Å². The molecule has 0 aromatic rings. The van der Waals surface area contributed by atoms with Gasteiger partial charge in [-0.2, -0.15) is 0 Å². The van der Waals surface area contributed by atoms with Crippen LogP contribution >= 0.6 is 0 Å². The second-order valence-electron chi connectivity index (χ2n) is 6.17. The zero-order chi connectivity index (χ0) is 12.3. The minimum Gasteiger partial charge on any atom is -0.330 e. The maximum Gasteiger partial charge on any atom is 0.0139 e. The molecular formula is C14H29N3. The minimum atomic E-state index is 0.745. The van der Waals surface area contributed by atoms with Crippen LogP contribution in [0.15, 0.2) is 0 Å². The van der Waals surface area contributed by atoms with E-state index in [1.807, 2.05) is 0 Å². The summed E-state index contributed by atoms with van der Waals surface area (Å²) in [5.41, 5.74) is 5.98. The summed E-state index contributed by atoms with van der Waals surface area (Å²) in [6.45, 7) is 8.28. The molecule has 3 unspecified atom stereocenters. The monoisotopic (exact) mass is 239 g/mol. The Morgan fingerprint density at radius 3 is 2.71 bits per heavy atom. The van der Waals surface area contributed by atoms with Gasteiger partial charge >= 0.3 is 0 Å². The molecule has 1 aliphatic heterocycles. The lowest BCUT2D eigenvalue weighted by molar-refractivity contribution is 0.0894.